The second kappa shape index (κ2) is 3.45. The van der Waals surface area contributed by atoms with Crippen molar-refractivity contribution in [1.82, 2.24) is 0 Å². The lowest BCUT2D eigenvalue weighted by Gasteiger charge is -1.96. The average molecular weight is 179 g/mol. The third-order valence-electron chi connectivity index (χ3n) is 1.72. The highest BCUT2D eigenvalue weighted by molar-refractivity contribution is 5.80. The van der Waals surface area contributed by atoms with E-state index in [4.69, 9.17) is 14.6 Å². The molecule has 0 radical (unpaired) electrons. The van der Waals surface area contributed by atoms with Gasteiger partial charge in [0, 0.05) is 6.21 Å². The Labute approximate surface area is 75.4 Å². The molecule has 0 atom stereocenters. The van der Waals surface area contributed by atoms with E-state index >= 15 is 0 Å². The van der Waals surface area contributed by atoms with Crippen molar-refractivity contribution in [1.29, 1.82) is 0 Å². The number of fused-ring (bicyclic) bond motifs is 1. The fraction of sp³-hybridized carbons (Fsp3) is 0.222. The summed E-state index contributed by atoms with van der Waals surface area (Å²) in [5.41, 5.74) is 0.887. The smallest absolute Gasteiger partial charge is 0.231 e. The predicted octanol–water partition coefficient (Wildman–Crippen LogP) is 0.784. The van der Waals surface area contributed by atoms with Gasteiger partial charge in [0.2, 0.25) is 6.79 Å². The minimum atomic E-state index is -0.200. The molecule has 0 aliphatic carbocycles. The van der Waals surface area contributed by atoms with Crippen LogP contribution in [-0.4, -0.2) is 24.8 Å². The van der Waals surface area contributed by atoms with Crippen molar-refractivity contribution in [2.75, 3.05) is 13.5 Å². The van der Waals surface area contributed by atoms with Gasteiger partial charge in [-0.2, -0.15) is 0 Å². The van der Waals surface area contributed by atoms with Gasteiger partial charge in [-0.25, -0.2) is 0 Å². The Bertz CT molecular complexity index is 336. The largest absolute Gasteiger partial charge is 0.454 e. The van der Waals surface area contributed by atoms with Crippen LogP contribution in [0.4, 0.5) is 0 Å². The van der Waals surface area contributed by atoms with Crippen LogP contribution in [0.5, 0.6) is 11.5 Å². The maximum absolute atomic E-state index is 8.47. The van der Waals surface area contributed by atoms with E-state index in [2.05, 4.69) is 4.99 Å². The van der Waals surface area contributed by atoms with Crippen molar-refractivity contribution < 1.29 is 14.6 Å². The number of hydrogen-bond acceptors (Lipinski definition) is 4. The molecule has 4 heteroatoms. The molecule has 1 aromatic rings. The molecule has 4 nitrogen and oxygen atoms in total. The first-order valence-corrected chi connectivity index (χ1v) is 3.90. The highest BCUT2D eigenvalue weighted by Crippen LogP contribution is 2.31. The second-order valence-electron chi connectivity index (χ2n) is 2.57. The topological polar surface area (TPSA) is 51.1 Å². The average Bonchev–Trinajstić information content (AvgIpc) is 2.61. The SMILES string of the molecule is OC/N=C/c1ccc2c(c1)OCO2. The van der Waals surface area contributed by atoms with Gasteiger partial charge in [0.25, 0.3) is 0 Å². The molecule has 0 amide bonds. The molecular formula is C9H9NO3. The molecule has 1 aromatic carbocycles. The Morgan fingerprint density at radius 2 is 2.23 bits per heavy atom. The lowest BCUT2D eigenvalue weighted by Crippen LogP contribution is -1.92. The lowest BCUT2D eigenvalue weighted by atomic mass is 10.2. The van der Waals surface area contributed by atoms with Crippen LogP contribution >= 0.6 is 0 Å². The van der Waals surface area contributed by atoms with Crippen LogP contribution in [0.15, 0.2) is 23.2 Å². The van der Waals surface area contributed by atoms with Crippen molar-refractivity contribution in [2.24, 2.45) is 4.99 Å². The van der Waals surface area contributed by atoms with Gasteiger partial charge in [0.05, 0.1) is 0 Å². The summed E-state index contributed by atoms with van der Waals surface area (Å²) in [5, 5.41) is 8.47. The molecule has 0 spiro atoms. The summed E-state index contributed by atoms with van der Waals surface area (Å²) < 4.78 is 10.3. The number of aliphatic imine (C=N–C) groups is 1. The normalized spacial score (nSPS) is 13.9. The Balaban J connectivity index is 2.25. The highest BCUT2D eigenvalue weighted by Gasteiger charge is 2.12. The number of aliphatic hydroxyl groups is 1. The van der Waals surface area contributed by atoms with E-state index in [1.165, 1.54) is 0 Å². The second-order valence-corrected chi connectivity index (χ2v) is 2.57. The van der Waals surface area contributed by atoms with E-state index in [9.17, 15) is 0 Å². The van der Waals surface area contributed by atoms with Gasteiger partial charge in [-0.05, 0) is 23.8 Å². The van der Waals surface area contributed by atoms with Crippen LogP contribution in [0.3, 0.4) is 0 Å². The van der Waals surface area contributed by atoms with Gasteiger partial charge >= 0.3 is 0 Å². The van der Waals surface area contributed by atoms with Crippen LogP contribution in [-0.2, 0) is 0 Å². The van der Waals surface area contributed by atoms with Crippen LogP contribution in [0.1, 0.15) is 5.56 Å². The summed E-state index contributed by atoms with van der Waals surface area (Å²) in [7, 11) is 0. The molecule has 1 N–H and O–H groups in total. The lowest BCUT2D eigenvalue weighted by molar-refractivity contribution is 0.174. The molecule has 68 valence electrons. The first-order valence-electron chi connectivity index (χ1n) is 3.90. The number of benzene rings is 1. The zero-order chi connectivity index (χ0) is 9.10. The fourth-order valence-electron chi connectivity index (χ4n) is 1.14. The zero-order valence-corrected chi connectivity index (χ0v) is 6.93. The number of rotatable bonds is 2. The molecule has 0 aromatic heterocycles. The van der Waals surface area contributed by atoms with Crippen LogP contribution in [0.25, 0.3) is 0 Å². The monoisotopic (exact) mass is 179 g/mol. The van der Waals surface area contributed by atoms with E-state index in [1.54, 1.807) is 6.21 Å². The first-order chi connectivity index (χ1) is 6.40. The van der Waals surface area contributed by atoms with Gasteiger partial charge in [0.15, 0.2) is 11.5 Å². The van der Waals surface area contributed by atoms with E-state index in [0.717, 1.165) is 17.1 Å². The molecule has 0 fully saturated rings. The van der Waals surface area contributed by atoms with Crippen molar-refractivity contribution in [3.05, 3.63) is 23.8 Å². The molecule has 0 saturated carbocycles. The van der Waals surface area contributed by atoms with Crippen molar-refractivity contribution in [3.63, 3.8) is 0 Å². The highest BCUT2D eigenvalue weighted by atomic mass is 16.7. The predicted molar refractivity (Wildman–Crippen MR) is 47.2 cm³/mol. The number of aliphatic hydroxyl groups excluding tert-OH is 1. The number of ether oxygens (including phenoxy) is 2. The zero-order valence-electron chi connectivity index (χ0n) is 6.93. The number of nitrogens with zero attached hydrogens (tertiary/aromatic N) is 1. The van der Waals surface area contributed by atoms with Gasteiger partial charge in [-0.15, -0.1) is 0 Å². The van der Waals surface area contributed by atoms with Gasteiger partial charge < -0.3 is 14.6 Å². The Morgan fingerprint density at radius 1 is 1.38 bits per heavy atom. The summed E-state index contributed by atoms with van der Waals surface area (Å²) in [6.45, 7) is 0.0738. The van der Waals surface area contributed by atoms with Crippen LogP contribution < -0.4 is 9.47 Å². The van der Waals surface area contributed by atoms with Crippen LogP contribution in [0, 0.1) is 0 Å². The minimum absolute atomic E-state index is 0.200. The summed E-state index contributed by atoms with van der Waals surface area (Å²) in [4.78, 5) is 3.70. The van der Waals surface area contributed by atoms with Crippen LogP contribution in [0.2, 0.25) is 0 Å². The van der Waals surface area contributed by atoms with Crippen molar-refractivity contribution in [3.8, 4) is 11.5 Å². The third kappa shape index (κ3) is 1.62. The molecule has 1 aliphatic heterocycles. The number of hydrogen-bond donors (Lipinski definition) is 1. The van der Waals surface area contributed by atoms with E-state index in [-0.39, 0.29) is 13.5 Å². The summed E-state index contributed by atoms with van der Waals surface area (Å²) in [5.74, 6) is 1.48. The van der Waals surface area contributed by atoms with Gasteiger partial charge in [0.1, 0.15) is 6.73 Å². The van der Waals surface area contributed by atoms with Gasteiger partial charge in [-0.3, -0.25) is 4.99 Å². The van der Waals surface area contributed by atoms with Gasteiger partial charge in [-0.1, -0.05) is 0 Å². The van der Waals surface area contributed by atoms with E-state index in [0.29, 0.717) is 0 Å². The molecule has 0 bridgehead atoms. The Morgan fingerprint density at radius 3 is 3.08 bits per heavy atom. The summed E-state index contributed by atoms with van der Waals surface area (Å²) >= 11 is 0. The summed E-state index contributed by atoms with van der Waals surface area (Å²) in [6.07, 6.45) is 1.59. The third-order valence-corrected chi connectivity index (χ3v) is 1.72. The van der Waals surface area contributed by atoms with E-state index in [1.807, 2.05) is 18.2 Å². The maximum Gasteiger partial charge on any atom is 0.231 e. The Hall–Kier alpha value is -1.55. The molecule has 0 unspecified atom stereocenters. The molecule has 1 aliphatic rings. The van der Waals surface area contributed by atoms with Crippen molar-refractivity contribution >= 4 is 6.21 Å². The molecule has 2 rings (SSSR count). The minimum Gasteiger partial charge on any atom is -0.454 e. The molecular weight excluding hydrogens is 170 g/mol. The fourth-order valence-corrected chi connectivity index (χ4v) is 1.14. The van der Waals surface area contributed by atoms with Crippen molar-refractivity contribution in [2.45, 2.75) is 0 Å². The molecule has 1 heterocycles. The standard InChI is InChI=1S/C9H9NO3/c11-5-10-4-7-1-2-8-9(3-7)13-6-12-8/h1-4,11H,5-6H2/b10-4+. The summed E-state index contributed by atoms with van der Waals surface area (Å²) in [6, 6.07) is 5.50. The van der Waals surface area contributed by atoms with E-state index < -0.39 is 0 Å². The molecule has 0 saturated heterocycles. The first kappa shape index (κ1) is 8.07. The Kier molecular flexibility index (Phi) is 2.14. The quantitative estimate of drug-likeness (QED) is 0.682. The molecule has 13 heavy (non-hydrogen) atoms. The maximum atomic E-state index is 8.47.